The lowest BCUT2D eigenvalue weighted by Gasteiger charge is -2.35. The van der Waals surface area contributed by atoms with Gasteiger partial charge in [0.15, 0.2) is 0 Å². The Bertz CT molecular complexity index is 1140. The number of hydrogen-bond acceptors (Lipinski definition) is 6. The number of hydrogen-bond donors (Lipinski definition) is 1. The van der Waals surface area contributed by atoms with Crippen LogP contribution in [-0.4, -0.2) is 56.6 Å². The summed E-state index contributed by atoms with van der Waals surface area (Å²) in [5.74, 6) is -0.660. The summed E-state index contributed by atoms with van der Waals surface area (Å²) in [5.41, 5.74) is 2.97. The van der Waals surface area contributed by atoms with Crippen molar-refractivity contribution in [2.45, 2.75) is 0 Å². The molecule has 1 fully saturated rings. The van der Waals surface area contributed by atoms with Crippen LogP contribution in [0.5, 0.6) is 0 Å². The number of nitrogens with zero attached hydrogens (tertiary/aromatic N) is 2. The Kier molecular flexibility index (Phi) is 7.55. The van der Waals surface area contributed by atoms with E-state index in [4.69, 9.17) is 27.9 Å². The average Bonchev–Trinajstić information content (AvgIpc) is 3.22. The van der Waals surface area contributed by atoms with Gasteiger partial charge in [0.05, 0.1) is 13.7 Å². The van der Waals surface area contributed by atoms with Gasteiger partial charge in [-0.1, -0.05) is 41.4 Å². The van der Waals surface area contributed by atoms with Crippen LogP contribution in [-0.2, 0) is 9.53 Å². The van der Waals surface area contributed by atoms with E-state index >= 15 is 0 Å². The number of rotatable bonds is 6. The van der Waals surface area contributed by atoms with E-state index in [0.717, 1.165) is 37.4 Å². The second-order valence-electron chi connectivity index (χ2n) is 7.64. The van der Waals surface area contributed by atoms with Gasteiger partial charge < -0.3 is 15.0 Å². The standard InChI is InChI=1S/C24H23Cl2N3O3S/c1-32-24(31)22-20(16-5-7-17(25)8-6-16)15-33-23(22)27-21(30)14-28-9-11-29(12-10-28)19-4-2-3-18(26)13-19/h2-8,13,15H,9-12,14H2,1H3,(H,27,30). The van der Waals surface area contributed by atoms with E-state index in [1.165, 1.54) is 18.4 Å². The molecule has 2 heterocycles. The van der Waals surface area contributed by atoms with Crippen LogP contribution in [0.3, 0.4) is 0 Å². The second-order valence-corrected chi connectivity index (χ2v) is 9.40. The highest BCUT2D eigenvalue weighted by molar-refractivity contribution is 7.15. The van der Waals surface area contributed by atoms with Crippen molar-refractivity contribution in [2.24, 2.45) is 0 Å². The molecule has 3 aromatic rings. The van der Waals surface area contributed by atoms with Crippen LogP contribution in [0, 0.1) is 0 Å². The molecule has 1 aliphatic rings. The van der Waals surface area contributed by atoms with E-state index in [0.29, 0.717) is 26.2 Å². The van der Waals surface area contributed by atoms with Gasteiger partial charge in [0.2, 0.25) is 5.91 Å². The number of amides is 1. The van der Waals surface area contributed by atoms with Gasteiger partial charge in [-0.25, -0.2) is 4.79 Å². The minimum Gasteiger partial charge on any atom is -0.465 e. The molecule has 1 amide bonds. The van der Waals surface area contributed by atoms with E-state index in [-0.39, 0.29) is 12.5 Å². The molecule has 1 N–H and O–H groups in total. The van der Waals surface area contributed by atoms with Crippen molar-refractivity contribution in [3.8, 4) is 11.1 Å². The second kappa shape index (κ2) is 10.6. The normalized spacial score (nSPS) is 14.2. The van der Waals surface area contributed by atoms with E-state index in [1.807, 2.05) is 41.8 Å². The van der Waals surface area contributed by atoms with Crippen LogP contribution in [0.4, 0.5) is 10.7 Å². The van der Waals surface area contributed by atoms with Gasteiger partial charge >= 0.3 is 5.97 Å². The third-order valence-electron chi connectivity index (χ3n) is 5.50. The molecule has 1 aromatic heterocycles. The van der Waals surface area contributed by atoms with Crippen LogP contribution in [0.25, 0.3) is 11.1 Å². The highest BCUT2D eigenvalue weighted by Gasteiger charge is 2.24. The largest absolute Gasteiger partial charge is 0.465 e. The number of halogens is 2. The molecule has 0 radical (unpaired) electrons. The van der Waals surface area contributed by atoms with Crippen LogP contribution in [0.15, 0.2) is 53.9 Å². The Morgan fingerprint density at radius 2 is 1.76 bits per heavy atom. The summed E-state index contributed by atoms with van der Waals surface area (Å²) in [6.45, 7) is 3.37. The first kappa shape index (κ1) is 23.6. The Balaban J connectivity index is 1.40. The lowest BCUT2D eigenvalue weighted by molar-refractivity contribution is -0.117. The Labute approximate surface area is 206 Å². The minimum absolute atomic E-state index is 0.166. The number of anilines is 2. The van der Waals surface area contributed by atoms with Crippen LogP contribution in [0.2, 0.25) is 10.0 Å². The fourth-order valence-electron chi connectivity index (χ4n) is 3.80. The van der Waals surface area contributed by atoms with Crippen LogP contribution >= 0.6 is 34.5 Å². The number of thiophene rings is 1. The number of ether oxygens (including phenoxy) is 1. The number of carbonyl (C=O) groups excluding carboxylic acids is 2. The Morgan fingerprint density at radius 3 is 2.42 bits per heavy atom. The van der Waals surface area contributed by atoms with Crippen LogP contribution in [0.1, 0.15) is 10.4 Å². The van der Waals surface area contributed by atoms with Gasteiger partial charge in [-0.3, -0.25) is 9.69 Å². The number of methoxy groups -OCH3 is 1. The smallest absolute Gasteiger partial charge is 0.341 e. The highest BCUT2D eigenvalue weighted by atomic mass is 35.5. The SMILES string of the molecule is COC(=O)c1c(-c2ccc(Cl)cc2)csc1NC(=O)CN1CCN(c2cccc(Cl)c2)CC1. The summed E-state index contributed by atoms with van der Waals surface area (Å²) in [6.07, 6.45) is 0. The third kappa shape index (κ3) is 5.68. The summed E-state index contributed by atoms with van der Waals surface area (Å²) in [7, 11) is 1.33. The van der Waals surface area contributed by atoms with E-state index in [1.54, 1.807) is 12.1 Å². The highest BCUT2D eigenvalue weighted by Crippen LogP contribution is 2.36. The number of piperazine rings is 1. The molecule has 0 spiro atoms. The zero-order chi connectivity index (χ0) is 23.4. The number of benzene rings is 2. The molecule has 6 nitrogen and oxygen atoms in total. The summed E-state index contributed by atoms with van der Waals surface area (Å²) in [4.78, 5) is 29.6. The predicted molar refractivity (Wildman–Crippen MR) is 135 cm³/mol. The Morgan fingerprint density at radius 1 is 1.03 bits per heavy atom. The number of carbonyl (C=O) groups is 2. The molecule has 0 bridgehead atoms. The molecular weight excluding hydrogens is 481 g/mol. The van der Waals surface area contributed by atoms with Gasteiger partial charge in [0.25, 0.3) is 0 Å². The molecule has 0 unspecified atom stereocenters. The molecule has 1 saturated heterocycles. The summed E-state index contributed by atoms with van der Waals surface area (Å²) < 4.78 is 4.98. The first-order chi connectivity index (χ1) is 15.9. The first-order valence-electron chi connectivity index (χ1n) is 10.4. The molecule has 2 aromatic carbocycles. The zero-order valence-corrected chi connectivity index (χ0v) is 20.3. The zero-order valence-electron chi connectivity index (χ0n) is 18.0. The van der Waals surface area contributed by atoms with Gasteiger partial charge in [0, 0.05) is 52.9 Å². The minimum atomic E-state index is -0.494. The molecular formula is C24H23Cl2N3O3S. The summed E-state index contributed by atoms with van der Waals surface area (Å²) in [5, 5.41) is 6.55. The topological polar surface area (TPSA) is 61.9 Å². The third-order valence-corrected chi connectivity index (χ3v) is 6.88. The van der Waals surface area contributed by atoms with Gasteiger partial charge in [-0.2, -0.15) is 0 Å². The molecule has 172 valence electrons. The van der Waals surface area contributed by atoms with E-state index < -0.39 is 5.97 Å². The van der Waals surface area contributed by atoms with Crippen molar-refractivity contribution >= 4 is 57.1 Å². The lowest BCUT2D eigenvalue weighted by atomic mass is 10.0. The summed E-state index contributed by atoms with van der Waals surface area (Å²) >= 11 is 13.4. The van der Waals surface area contributed by atoms with Gasteiger partial charge in [0.1, 0.15) is 10.6 Å². The molecule has 0 saturated carbocycles. The van der Waals surface area contributed by atoms with Crippen molar-refractivity contribution in [3.63, 3.8) is 0 Å². The molecule has 0 aliphatic carbocycles. The summed E-state index contributed by atoms with van der Waals surface area (Å²) in [6, 6.07) is 15.0. The molecule has 0 atom stereocenters. The van der Waals surface area contributed by atoms with Crippen molar-refractivity contribution in [2.75, 3.05) is 50.1 Å². The monoisotopic (exact) mass is 503 g/mol. The van der Waals surface area contributed by atoms with Crippen molar-refractivity contribution in [3.05, 3.63) is 69.5 Å². The van der Waals surface area contributed by atoms with Crippen molar-refractivity contribution in [1.82, 2.24) is 4.90 Å². The van der Waals surface area contributed by atoms with E-state index in [2.05, 4.69) is 15.1 Å². The van der Waals surface area contributed by atoms with Crippen LogP contribution < -0.4 is 10.2 Å². The molecule has 1 aliphatic heterocycles. The maximum absolute atomic E-state index is 12.8. The molecule has 4 rings (SSSR count). The quantitative estimate of drug-likeness (QED) is 0.464. The van der Waals surface area contributed by atoms with Gasteiger partial charge in [-0.15, -0.1) is 11.3 Å². The number of esters is 1. The van der Waals surface area contributed by atoms with Crippen molar-refractivity contribution < 1.29 is 14.3 Å². The lowest BCUT2D eigenvalue weighted by Crippen LogP contribution is -2.48. The van der Waals surface area contributed by atoms with E-state index in [9.17, 15) is 9.59 Å². The first-order valence-corrected chi connectivity index (χ1v) is 12.1. The maximum Gasteiger partial charge on any atom is 0.341 e. The fraction of sp³-hybridized carbons (Fsp3) is 0.250. The predicted octanol–water partition coefficient (Wildman–Crippen LogP) is 5.27. The fourth-order valence-corrected chi connectivity index (χ4v) is 5.09. The van der Waals surface area contributed by atoms with Gasteiger partial charge in [-0.05, 0) is 35.9 Å². The Hall–Kier alpha value is -2.58. The van der Waals surface area contributed by atoms with Crippen molar-refractivity contribution in [1.29, 1.82) is 0 Å². The molecule has 33 heavy (non-hydrogen) atoms. The average molecular weight is 504 g/mol. The maximum atomic E-state index is 12.8. The number of nitrogens with one attached hydrogen (secondary N) is 1. The molecule has 9 heteroatoms.